The van der Waals surface area contributed by atoms with Gasteiger partial charge in [0.05, 0.1) is 0 Å². The van der Waals surface area contributed by atoms with Gasteiger partial charge in [0.25, 0.3) is 11.8 Å². The number of rotatable bonds is 5. The molecule has 1 saturated carbocycles. The Morgan fingerprint density at radius 2 is 1.89 bits per heavy atom. The van der Waals surface area contributed by atoms with Gasteiger partial charge in [0.1, 0.15) is 12.1 Å². The predicted molar refractivity (Wildman–Crippen MR) is 96.9 cm³/mol. The first-order valence-corrected chi connectivity index (χ1v) is 8.97. The van der Waals surface area contributed by atoms with Crippen molar-refractivity contribution in [1.82, 2.24) is 10.2 Å². The van der Waals surface area contributed by atoms with E-state index in [2.05, 4.69) is 10.6 Å². The second kappa shape index (κ2) is 7.38. The molecule has 1 spiro atoms. The highest BCUT2D eigenvalue weighted by Crippen LogP contribution is 2.34. The Hall–Kier alpha value is -2.90. The van der Waals surface area contributed by atoms with E-state index in [-0.39, 0.29) is 5.91 Å². The van der Waals surface area contributed by atoms with Gasteiger partial charge < -0.3 is 15.4 Å². The van der Waals surface area contributed by atoms with E-state index in [0.717, 1.165) is 28.9 Å². The molecule has 8 nitrogen and oxygen atoms in total. The van der Waals surface area contributed by atoms with Gasteiger partial charge >= 0.3 is 12.0 Å². The van der Waals surface area contributed by atoms with Crippen molar-refractivity contribution in [3.63, 3.8) is 0 Å². The van der Waals surface area contributed by atoms with Gasteiger partial charge in [-0.2, -0.15) is 0 Å². The minimum atomic E-state index is -0.863. The number of esters is 1. The van der Waals surface area contributed by atoms with Crippen molar-refractivity contribution in [1.29, 1.82) is 0 Å². The highest BCUT2D eigenvalue weighted by molar-refractivity contribution is 6.09. The third-order valence-corrected chi connectivity index (χ3v) is 5.15. The number of amides is 4. The Morgan fingerprint density at radius 3 is 2.56 bits per heavy atom. The number of hydrogen-bond acceptors (Lipinski definition) is 5. The Labute approximate surface area is 157 Å². The molecule has 2 N–H and O–H groups in total. The first-order chi connectivity index (χ1) is 12.8. The van der Waals surface area contributed by atoms with E-state index in [0.29, 0.717) is 18.5 Å². The van der Waals surface area contributed by atoms with Crippen LogP contribution >= 0.6 is 0 Å². The fourth-order valence-corrected chi connectivity index (χ4v) is 3.47. The third-order valence-electron chi connectivity index (χ3n) is 5.15. The number of benzene rings is 1. The molecule has 2 aliphatic rings. The summed E-state index contributed by atoms with van der Waals surface area (Å²) in [5.41, 5.74) is 1.88. The van der Waals surface area contributed by atoms with Crippen LogP contribution in [0.1, 0.15) is 36.8 Å². The fourth-order valence-electron chi connectivity index (χ4n) is 3.47. The molecule has 27 heavy (non-hydrogen) atoms. The summed E-state index contributed by atoms with van der Waals surface area (Å²) >= 11 is 0. The molecule has 1 aliphatic heterocycles. The SMILES string of the molecule is Cc1ccc(NC(=O)COC(=O)CN2C(=O)NC3(CCCC3)C2=O)cc1C. The molecule has 0 radical (unpaired) electrons. The average Bonchev–Trinajstić information content (AvgIpc) is 3.17. The Bertz CT molecular complexity index is 799. The van der Waals surface area contributed by atoms with Gasteiger partial charge in [0.2, 0.25) is 0 Å². The largest absolute Gasteiger partial charge is 0.454 e. The molecule has 0 unspecified atom stereocenters. The summed E-state index contributed by atoms with van der Waals surface area (Å²) in [4.78, 5) is 49.3. The summed E-state index contributed by atoms with van der Waals surface area (Å²) in [6.07, 6.45) is 2.90. The zero-order valence-electron chi connectivity index (χ0n) is 15.5. The molecule has 1 aromatic carbocycles. The van der Waals surface area contributed by atoms with Gasteiger partial charge in [-0.1, -0.05) is 18.9 Å². The smallest absolute Gasteiger partial charge is 0.326 e. The number of nitrogens with zero attached hydrogens (tertiary/aromatic N) is 1. The van der Waals surface area contributed by atoms with Crippen LogP contribution in [0.25, 0.3) is 0 Å². The molecule has 0 atom stereocenters. The molecule has 1 saturated heterocycles. The van der Waals surface area contributed by atoms with Crippen LogP contribution in [0.3, 0.4) is 0 Å². The van der Waals surface area contributed by atoms with Gasteiger partial charge in [-0.15, -0.1) is 0 Å². The van der Waals surface area contributed by atoms with Crippen LogP contribution in [0.2, 0.25) is 0 Å². The van der Waals surface area contributed by atoms with E-state index in [1.807, 2.05) is 26.0 Å². The summed E-state index contributed by atoms with van der Waals surface area (Å²) in [5, 5.41) is 5.33. The van der Waals surface area contributed by atoms with E-state index in [9.17, 15) is 19.2 Å². The number of nitrogens with one attached hydrogen (secondary N) is 2. The molecule has 1 heterocycles. The summed E-state index contributed by atoms with van der Waals surface area (Å²) in [6.45, 7) is 2.92. The molecule has 0 aromatic heterocycles. The lowest BCUT2D eigenvalue weighted by Gasteiger charge is -2.19. The van der Waals surface area contributed by atoms with Gasteiger partial charge in [0.15, 0.2) is 6.61 Å². The summed E-state index contributed by atoms with van der Waals surface area (Å²) in [6, 6.07) is 4.88. The van der Waals surface area contributed by atoms with E-state index < -0.39 is 36.6 Å². The van der Waals surface area contributed by atoms with Gasteiger partial charge in [0, 0.05) is 5.69 Å². The van der Waals surface area contributed by atoms with Gasteiger partial charge in [-0.3, -0.25) is 19.3 Å². The lowest BCUT2D eigenvalue weighted by Crippen LogP contribution is -2.44. The quantitative estimate of drug-likeness (QED) is 0.603. The van der Waals surface area contributed by atoms with Crippen LogP contribution in [0.4, 0.5) is 10.5 Å². The van der Waals surface area contributed by atoms with E-state index in [1.165, 1.54) is 0 Å². The highest BCUT2D eigenvalue weighted by Gasteiger charge is 2.52. The van der Waals surface area contributed by atoms with E-state index in [1.54, 1.807) is 6.07 Å². The molecule has 8 heteroatoms. The zero-order valence-corrected chi connectivity index (χ0v) is 15.5. The monoisotopic (exact) mass is 373 g/mol. The first-order valence-electron chi connectivity index (χ1n) is 8.97. The van der Waals surface area contributed by atoms with Crippen molar-refractivity contribution in [3.05, 3.63) is 29.3 Å². The first kappa shape index (κ1) is 18.9. The van der Waals surface area contributed by atoms with E-state index >= 15 is 0 Å². The van der Waals surface area contributed by atoms with E-state index in [4.69, 9.17) is 4.74 Å². The molecular weight excluding hydrogens is 350 g/mol. The number of ether oxygens (including phenoxy) is 1. The maximum Gasteiger partial charge on any atom is 0.326 e. The van der Waals surface area contributed by atoms with Gasteiger partial charge in [-0.25, -0.2) is 4.79 Å². The Balaban J connectivity index is 1.49. The van der Waals surface area contributed by atoms with Crippen LogP contribution in [0.5, 0.6) is 0 Å². The lowest BCUT2D eigenvalue weighted by molar-refractivity contribution is -0.150. The zero-order chi connectivity index (χ0) is 19.6. The molecule has 144 valence electrons. The van der Waals surface area contributed by atoms with Crippen molar-refractivity contribution in [3.8, 4) is 0 Å². The number of carbonyl (C=O) groups is 4. The Kier molecular flexibility index (Phi) is 5.16. The average molecular weight is 373 g/mol. The number of aryl methyl sites for hydroxylation is 2. The van der Waals surface area contributed by atoms with Crippen molar-refractivity contribution >= 4 is 29.5 Å². The lowest BCUT2D eigenvalue weighted by atomic mass is 9.98. The molecule has 1 aliphatic carbocycles. The molecular formula is C19H23N3O5. The number of anilines is 1. The van der Waals surface area contributed by atoms with Crippen LogP contribution in [-0.2, 0) is 19.1 Å². The number of hydrogen-bond donors (Lipinski definition) is 2. The number of imide groups is 1. The molecule has 4 amide bonds. The maximum atomic E-state index is 12.5. The number of urea groups is 1. The van der Waals surface area contributed by atoms with Crippen LogP contribution < -0.4 is 10.6 Å². The van der Waals surface area contributed by atoms with Gasteiger partial charge in [-0.05, 0) is 49.9 Å². The molecule has 2 fully saturated rings. The standard InChI is InChI=1S/C19H23N3O5/c1-12-5-6-14(9-13(12)2)20-15(23)11-27-16(24)10-22-17(25)19(21-18(22)26)7-3-4-8-19/h5-6,9H,3-4,7-8,10-11H2,1-2H3,(H,20,23)(H,21,26). The maximum absolute atomic E-state index is 12.5. The molecule has 0 bridgehead atoms. The third kappa shape index (κ3) is 3.94. The summed E-state index contributed by atoms with van der Waals surface area (Å²) < 4.78 is 4.91. The highest BCUT2D eigenvalue weighted by atomic mass is 16.5. The second-order valence-corrected chi connectivity index (χ2v) is 7.12. The second-order valence-electron chi connectivity index (χ2n) is 7.12. The summed E-state index contributed by atoms with van der Waals surface area (Å²) in [7, 11) is 0. The topological polar surface area (TPSA) is 105 Å². The fraction of sp³-hybridized carbons (Fsp3) is 0.474. The minimum Gasteiger partial charge on any atom is -0.454 e. The van der Waals surface area contributed by atoms with Crippen LogP contribution in [0.15, 0.2) is 18.2 Å². The van der Waals surface area contributed by atoms with Crippen LogP contribution in [-0.4, -0.2) is 47.4 Å². The Morgan fingerprint density at radius 1 is 1.19 bits per heavy atom. The molecule has 1 aromatic rings. The number of carbonyl (C=O) groups excluding carboxylic acids is 4. The van der Waals surface area contributed by atoms with Crippen molar-refractivity contribution in [2.24, 2.45) is 0 Å². The summed E-state index contributed by atoms with van der Waals surface area (Å²) in [5.74, 6) is -1.68. The van der Waals surface area contributed by atoms with Crippen molar-refractivity contribution in [2.45, 2.75) is 45.1 Å². The molecule has 3 rings (SSSR count). The normalized spacial score (nSPS) is 17.9. The van der Waals surface area contributed by atoms with Crippen molar-refractivity contribution < 1.29 is 23.9 Å². The minimum absolute atomic E-state index is 0.387. The van der Waals surface area contributed by atoms with Crippen molar-refractivity contribution in [2.75, 3.05) is 18.5 Å². The van der Waals surface area contributed by atoms with Crippen LogP contribution in [0, 0.1) is 13.8 Å². The predicted octanol–water partition coefficient (Wildman–Crippen LogP) is 1.65.